The molecule has 7 heteroatoms. The van der Waals surface area contributed by atoms with Gasteiger partial charge in [0.2, 0.25) is 5.91 Å². The fourth-order valence-corrected chi connectivity index (χ4v) is 4.66. The molecule has 146 valence electrons. The topological polar surface area (TPSA) is 72.9 Å². The minimum atomic E-state index is -0.807. The van der Waals surface area contributed by atoms with Gasteiger partial charge in [-0.05, 0) is 37.0 Å². The standard InChI is InChI=1S/C20H26ClN3O3/c21-15-3-1-14(2-4-15)20(27)6-9-23(10-7-20)16-11-18(22-12-16)19(26)24-8-5-17(25)13-24/h1-4,16,18,22,27H,5-13H2/t16-,18-/m0/s1. The van der Waals surface area contributed by atoms with Gasteiger partial charge in [0, 0.05) is 43.7 Å². The Balaban J connectivity index is 1.32. The van der Waals surface area contributed by atoms with Crippen molar-refractivity contribution >= 4 is 23.3 Å². The van der Waals surface area contributed by atoms with E-state index in [9.17, 15) is 14.7 Å². The number of nitrogens with zero attached hydrogens (tertiary/aromatic N) is 2. The van der Waals surface area contributed by atoms with Gasteiger partial charge in [0.25, 0.3) is 0 Å². The van der Waals surface area contributed by atoms with Crippen molar-refractivity contribution in [3.63, 3.8) is 0 Å². The lowest BCUT2D eigenvalue weighted by Crippen LogP contribution is -2.47. The van der Waals surface area contributed by atoms with Crippen LogP contribution >= 0.6 is 11.6 Å². The molecule has 3 heterocycles. The summed E-state index contributed by atoms with van der Waals surface area (Å²) >= 11 is 5.95. The number of amides is 1. The number of ketones is 1. The number of piperidine rings is 1. The van der Waals surface area contributed by atoms with Crippen LogP contribution in [0, 0.1) is 0 Å². The molecule has 4 rings (SSSR count). The van der Waals surface area contributed by atoms with Crippen molar-refractivity contribution in [1.82, 2.24) is 15.1 Å². The fourth-order valence-electron chi connectivity index (χ4n) is 4.53. The lowest BCUT2D eigenvalue weighted by atomic mass is 9.84. The molecule has 2 atom stereocenters. The molecule has 1 amide bonds. The molecule has 0 saturated carbocycles. The van der Waals surface area contributed by atoms with Gasteiger partial charge in [0.15, 0.2) is 5.78 Å². The van der Waals surface area contributed by atoms with E-state index in [0.717, 1.165) is 31.6 Å². The molecule has 0 bridgehead atoms. The van der Waals surface area contributed by atoms with Crippen molar-refractivity contribution in [3.05, 3.63) is 34.9 Å². The highest BCUT2D eigenvalue weighted by atomic mass is 35.5. The van der Waals surface area contributed by atoms with Gasteiger partial charge in [-0.25, -0.2) is 0 Å². The predicted octanol–water partition coefficient (Wildman–Crippen LogP) is 1.16. The monoisotopic (exact) mass is 391 g/mol. The highest BCUT2D eigenvalue weighted by Gasteiger charge is 2.40. The first-order valence-corrected chi connectivity index (χ1v) is 10.1. The van der Waals surface area contributed by atoms with Crippen LogP contribution in [0.4, 0.5) is 0 Å². The van der Waals surface area contributed by atoms with Gasteiger partial charge in [-0.2, -0.15) is 0 Å². The molecule has 0 aliphatic carbocycles. The number of rotatable bonds is 3. The quantitative estimate of drug-likeness (QED) is 0.808. The van der Waals surface area contributed by atoms with E-state index < -0.39 is 5.60 Å². The lowest BCUT2D eigenvalue weighted by Gasteiger charge is -2.41. The summed E-state index contributed by atoms with van der Waals surface area (Å²) in [5.74, 6) is 0.202. The second-order valence-electron chi connectivity index (χ2n) is 7.97. The van der Waals surface area contributed by atoms with Gasteiger partial charge in [0.1, 0.15) is 0 Å². The summed E-state index contributed by atoms with van der Waals surface area (Å²) in [6.07, 6.45) is 2.59. The Kier molecular flexibility index (Phi) is 5.25. The summed E-state index contributed by atoms with van der Waals surface area (Å²) in [6, 6.07) is 7.55. The highest BCUT2D eigenvalue weighted by Crippen LogP contribution is 2.34. The largest absolute Gasteiger partial charge is 0.385 e. The number of hydrogen-bond donors (Lipinski definition) is 2. The summed E-state index contributed by atoms with van der Waals surface area (Å²) in [5, 5.41) is 15.0. The third-order valence-electron chi connectivity index (χ3n) is 6.27. The predicted molar refractivity (Wildman–Crippen MR) is 103 cm³/mol. The van der Waals surface area contributed by atoms with E-state index in [4.69, 9.17) is 11.6 Å². The zero-order valence-corrected chi connectivity index (χ0v) is 16.1. The van der Waals surface area contributed by atoms with Crippen LogP contribution in [0.15, 0.2) is 24.3 Å². The summed E-state index contributed by atoms with van der Waals surface area (Å²) in [4.78, 5) is 28.1. The van der Waals surface area contributed by atoms with E-state index in [2.05, 4.69) is 10.2 Å². The van der Waals surface area contributed by atoms with Gasteiger partial charge in [-0.3, -0.25) is 14.5 Å². The first-order chi connectivity index (χ1) is 12.9. The normalized spacial score (nSPS) is 28.7. The molecule has 0 aromatic heterocycles. The third-order valence-corrected chi connectivity index (χ3v) is 6.52. The van der Waals surface area contributed by atoms with Crippen LogP contribution in [0.5, 0.6) is 0 Å². The molecule has 3 aliphatic heterocycles. The number of benzene rings is 1. The van der Waals surface area contributed by atoms with Gasteiger partial charge < -0.3 is 15.3 Å². The molecule has 6 nitrogen and oxygen atoms in total. The Labute approximate surface area is 164 Å². The van der Waals surface area contributed by atoms with Crippen molar-refractivity contribution in [2.75, 3.05) is 32.7 Å². The number of Topliss-reactive ketones (excluding diaryl/α,β-unsaturated/α-hetero) is 1. The van der Waals surface area contributed by atoms with Crippen LogP contribution in [0.1, 0.15) is 31.2 Å². The first-order valence-electron chi connectivity index (χ1n) is 9.71. The van der Waals surface area contributed by atoms with Crippen LogP contribution in [-0.4, -0.2) is 71.4 Å². The lowest BCUT2D eigenvalue weighted by molar-refractivity contribution is -0.133. The summed E-state index contributed by atoms with van der Waals surface area (Å²) in [6.45, 7) is 3.19. The van der Waals surface area contributed by atoms with E-state index in [0.29, 0.717) is 36.9 Å². The number of nitrogens with one attached hydrogen (secondary N) is 1. The molecule has 2 N–H and O–H groups in total. The molecule has 0 unspecified atom stereocenters. The maximum atomic E-state index is 12.6. The summed E-state index contributed by atoms with van der Waals surface area (Å²) in [5.41, 5.74) is 0.112. The molecule has 3 fully saturated rings. The SMILES string of the molecule is O=C1CCN(C(=O)[C@@H]2C[C@H](N3CCC(O)(c4ccc(Cl)cc4)CC3)CN2)C1. The Hall–Kier alpha value is -1.47. The van der Waals surface area contributed by atoms with Crippen molar-refractivity contribution in [3.8, 4) is 0 Å². The second kappa shape index (κ2) is 7.51. The molecule has 27 heavy (non-hydrogen) atoms. The molecular weight excluding hydrogens is 366 g/mol. The average molecular weight is 392 g/mol. The zero-order valence-electron chi connectivity index (χ0n) is 15.4. The minimum Gasteiger partial charge on any atom is -0.385 e. The Morgan fingerprint density at radius 1 is 1.19 bits per heavy atom. The van der Waals surface area contributed by atoms with E-state index in [1.54, 1.807) is 4.90 Å². The van der Waals surface area contributed by atoms with E-state index in [1.807, 2.05) is 24.3 Å². The van der Waals surface area contributed by atoms with Gasteiger partial charge in [0.05, 0.1) is 18.2 Å². The highest BCUT2D eigenvalue weighted by molar-refractivity contribution is 6.30. The smallest absolute Gasteiger partial charge is 0.240 e. The van der Waals surface area contributed by atoms with E-state index in [-0.39, 0.29) is 24.3 Å². The molecule has 1 aromatic carbocycles. The summed E-state index contributed by atoms with van der Waals surface area (Å²) < 4.78 is 0. The number of carbonyl (C=O) groups is 2. The fraction of sp³-hybridized carbons (Fsp3) is 0.600. The molecule has 3 aliphatic rings. The van der Waals surface area contributed by atoms with Crippen molar-refractivity contribution in [1.29, 1.82) is 0 Å². The maximum absolute atomic E-state index is 12.6. The van der Waals surface area contributed by atoms with Crippen molar-refractivity contribution in [2.45, 2.75) is 43.4 Å². The average Bonchev–Trinajstić information content (AvgIpc) is 3.32. The Morgan fingerprint density at radius 2 is 1.89 bits per heavy atom. The number of hydrogen-bond acceptors (Lipinski definition) is 5. The van der Waals surface area contributed by atoms with E-state index >= 15 is 0 Å². The zero-order chi connectivity index (χ0) is 19.0. The maximum Gasteiger partial charge on any atom is 0.240 e. The van der Waals surface area contributed by atoms with E-state index in [1.165, 1.54) is 0 Å². The number of aliphatic hydroxyl groups is 1. The van der Waals surface area contributed by atoms with Gasteiger partial charge in [-0.15, -0.1) is 0 Å². The number of halogens is 1. The Bertz CT molecular complexity index is 716. The van der Waals surface area contributed by atoms with Crippen LogP contribution in [0.25, 0.3) is 0 Å². The first kappa shape index (κ1) is 18.9. The van der Waals surface area contributed by atoms with Gasteiger partial charge in [-0.1, -0.05) is 23.7 Å². The number of carbonyl (C=O) groups excluding carboxylic acids is 2. The van der Waals surface area contributed by atoms with Crippen molar-refractivity contribution in [2.24, 2.45) is 0 Å². The third kappa shape index (κ3) is 3.90. The molecular formula is C20H26ClN3O3. The second-order valence-corrected chi connectivity index (χ2v) is 8.41. The minimum absolute atomic E-state index is 0.0537. The summed E-state index contributed by atoms with van der Waals surface area (Å²) in [7, 11) is 0. The molecule has 1 aromatic rings. The van der Waals surface area contributed by atoms with Crippen LogP contribution in [-0.2, 0) is 15.2 Å². The van der Waals surface area contributed by atoms with Crippen LogP contribution < -0.4 is 5.32 Å². The van der Waals surface area contributed by atoms with Gasteiger partial charge >= 0.3 is 0 Å². The molecule has 0 spiro atoms. The van der Waals surface area contributed by atoms with Crippen LogP contribution in [0.3, 0.4) is 0 Å². The van der Waals surface area contributed by atoms with Crippen molar-refractivity contribution < 1.29 is 14.7 Å². The molecule has 3 saturated heterocycles. The van der Waals surface area contributed by atoms with Crippen LogP contribution in [0.2, 0.25) is 5.02 Å². The Morgan fingerprint density at radius 3 is 2.52 bits per heavy atom. The molecule has 0 radical (unpaired) electrons. The number of likely N-dealkylation sites (tertiary alicyclic amines) is 2.